The molecule has 4 nitrogen and oxygen atoms in total. The third kappa shape index (κ3) is 1.50. The van der Waals surface area contributed by atoms with E-state index in [2.05, 4.69) is 10.6 Å². The molecule has 1 saturated heterocycles. The van der Waals surface area contributed by atoms with Gasteiger partial charge in [0.15, 0.2) is 0 Å². The number of nitrogens with one attached hydrogen (secondary N) is 2. The normalized spacial score (nSPS) is 24.8. The molecule has 1 saturated carbocycles. The molecule has 2 rings (SSSR count). The van der Waals surface area contributed by atoms with Gasteiger partial charge in [-0.15, -0.1) is 0 Å². The van der Waals surface area contributed by atoms with Gasteiger partial charge in [0.05, 0.1) is 0 Å². The number of amides is 2. The molecule has 0 aromatic carbocycles. The standard InChI is InChI=1S/C9H17N3O/c1-12(2)8(13)11-9(3-4-9)7-5-10-6-7/h7,10H,3-6H2,1-2H3,(H,11,13). The van der Waals surface area contributed by atoms with Gasteiger partial charge in [0.2, 0.25) is 0 Å². The molecule has 1 aliphatic carbocycles. The van der Waals surface area contributed by atoms with Gasteiger partial charge in [0, 0.05) is 38.6 Å². The van der Waals surface area contributed by atoms with Crippen LogP contribution >= 0.6 is 0 Å². The van der Waals surface area contributed by atoms with E-state index in [1.807, 2.05) is 0 Å². The molecule has 13 heavy (non-hydrogen) atoms. The Morgan fingerprint density at radius 1 is 1.46 bits per heavy atom. The summed E-state index contributed by atoms with van der Waals surface area (Å²) in [5.74, 6) is 0.663. The van der Waals surface area contributed by atoms with E-state index in [0.29, 0.717) is 5.92 Å². The SMILES string of the molecule is CN(C)C(=O)NC1(C2CNC2)CC1. The maximum absolute atomic E-state index is 11.4. The van der Waals surface area contributed by atoms with Gasteiger partial charge in [-0.25, -0.2) is 4.79 Å². The van der Waals surface area contributed by atoms with Gasteiger partial charge in [-0.05, 0) is 12.8 Å². The molecule has 1 heterocycles. The average Bonchev–Trinajstić information content (AvgIpc) is 2.65. The Hall–Kier alpha value is -0.770. The molecule has 1 aliphatic heterocycles. The molecule has 0 aromatic heterocycles. The third-order valence-corrected chi connectivity index (χ3v) is 3.11. The van der Waals surface area contributed by atoms with Crippen LogP contribution in [0.5, 0.6) is 0 Å². The van der Waals surface area contributed by atoms with E-state index >= 15 is 0 Å². The molecule has 2 amide bonds. The summed E-state index contributed by atoms with van der Waals surface area (Å²) in [6.45, 7) is 2.13. The number of rotatable bonds is 2. The Balaban J connectivity index is 1.89. The van der Waals surface area contributed by atoms with Gasteiger partial charge in [0.25, 0.3) is 0 Å². The maximum Gasteiger partial charge on any atom is 0.317 e. The van der Waals surface area contributed by atoms with Crippen LogP contribution in [0.25, 0.3) is 0 Å². The molecule has 0 bridgehead atoms. The maximum atomic E-state index is 11.4. The zero-order chi connectivity index (χ0) is 9.47. The van der Waals surface area contributed by atoms with E-state index < -0.39 is 0 Å². The van der Waals surface area contributed by atoms with Crippen LogP contribution in [-0.4, -0.2) is 43.7 Å². The predicted octanol–water partition coefficient (Wildman–Crippen LogP) is 0.00960. The van der Waals surface area contributed by atoms with Crippen LogP contribution in [0.3, 0.4) is 0 Å². The smallest absolute Gasteiger partial charge is 0.317 e. The zero-order valence-electron chi connectivity index (χ0n) is 8.26. The number of carbonyl (C=O) groups excluding carboxylic acids is 1. The number of nitrogens with zero attached hydrogens (tertiary/aromatic N) is 1. The highest BCUT2D eigenvalue weighted by molar-refractivity contribution is 5.75. The van der Waals surface area contributed by atoms with Crippen molar-refractivity contribution < 1.29 is 4.79 Å². The minimum Gasteiger partial charge on any atom is -0.332 e. The molecule has 4 heteroatoms. The quantitative estimate of drug-likeness (QED) is 0.633. The number of urea groups is 1. The molecule has 0 atom stereocenters. The predicted molar refractivity (Wildman–Crippen MR) is 50.5 cm³/mol. The lowest BCUT2D eigenvalue weighted by Crippen LogP contribution is -2.57. The van der Waals surface area contributed by atoms with Gasteiger partial charge in [-0.1, -0.05) is 0 Å². The fourth-order valence-electron chi connectivity index (χ4n) is 1.77. The molecular weight excluding hydrogens is 166 g/mol. The topological polar surface area (TPSA) is 44.4 Å². The molecule has 2 N–H and O–H groups in total. The molecule has 2 fully saturated rings. The van der Waals surface area contributed by atoms with Gasteiger partial charge >= 0.3 is 6.03 Å². The molecular formula is C9H17N3O. The van der Waals surface area contributed by atoms with Crippen molar-refractivity contribution in [2.24, 2.45) is 5.92 Å². The number of hydrogen-bond acceptors (Lipinski definition) is 2. The second-order valence-corrected chi connectivity index (χ2v) is 4.34. The summed E-state index contributed by atoms with van der Waals surface area (Å²) in [5.41, 5.74) is 0.145. The van der Waals surface area contributed by atoms with Crippen LogP contribution in [0.15, 0.2) is 0 Å². The molecule has 0 spiro atoms. The highest BCUT2D eigenvalue weighted by atomic mass is 16.2. The van der Waals surface area contributed by atoms with Crippen molar-refractivity contribution in [2.75, 3.05) is 27.2 Å². The van der Waals surface area contributed by atoms with E-state index in [-0.39, 0.29) is 11.6 Å². The lowest BCUT2D eigenvalue weighted by Gasteiger charge is -2.36. The molecule has 0 aromatic rings. The van der Waals surface area contributed by atoms with Gasteiger partial charge in [-0.3, -0.25) is 0 Å². The highest BCUT2D eigenvalue weighted by Gasteiger charge is 2.52. The Bertz CT molecular complexity index is 219. The van der Waals surface area contributed by atoms with Crippen LogP contribution in [0.4, 0.5) is 4.79 Å². The minimum absolute atomic E-state index is 0.0457. The van der Waals surface area contributed by atoms with Crippen molar-refractivity contribution >= 4 is 6.03 Å². The van der Waals surface area contributed by atoms with Crippen molar-refractivity contribution in [2.45, 2.75) is 18.4 Å². The van der Waals surface area contributed by atoms with Crippen LogP contribution in [-0.2, 0) is 0 Å². The van der Waals surface area contributed by atoms with Crippen molar-refractivity contribution in [3.63, 3.8) is 0 Å². The van der Waals surface area contributed by atoms with E-state index in [1.54, 1.807) is 19.0 Å². The van der Waals surface area contributed by atoms with E-state index in [9.17, 15) is 4.79 Å². The van der Waals surface area contributed by atoms with Crippen molar-refractivity contribution in [1.29, 1.82) is 0 Å². The summed E-state index contributed by atoms with van der Waals surface area (Å²) in [5, 5.41) is 6.36. The Kier molecular flexibility index (Phi) is 1.95. The second-order valence-electron chi connectivity index (χ2n) is 4.34. The summed E-state index contributed by atoms with van der Waals surface area (Å²) in [6.07, 6.45) is 2.30. The van der Waals surface area contributed by atoms with Gasteiger partial charge < -0.3 is 15.5 Å². The minimum atomic E-state index is 0.0457. The van der Waals surface area contributed by atoms with E-state index in [0.717, 1.165) is 25.9 Å². The first kappa shape index (κ1) is 8.81. The lowest BCUT2D eigenvalue weighted by atomic mass is 9.91. The van der Waals surface area contributed by atoms with Gasteiger partial charge in [-0.2, -0.15) is 0 Å². The fourth-order valence-corrected chi connectivity index (χ4v) is 1.77. The second kappa shape index (κ2) is 2.87. The fraction of sp³-hybridized carbons (Fsp3) is 0.889. The summed E-state index contributed by atoms with van der Waals surface area (Å²) in [4.78, 5) is 13.0. The molecule has 2 aliphatic rings. The Morgan fingerprint density at radius 2 is 2.08 bits per heavy atom. The van der Waals surface area contributed by atoms with E-state index in [4.69, 9.17) is 0 Å². The Morgan fingerprint density at radius 3 is 2.38 bits per heavy atom. The van der Waals surface area contributed by atoms with Gasteiger partial charge in [0.1, 0.15) is 0 Å². The van der Waals surface area contributed by atoms with Crippen molar-refractivity contribution in [3.05, 3.63) is 0 Å². The Labute approximate surface area is 78.7 Å². The van der Waals surface area contributed by atoms with Crippen LogP contribution < -0.4 is 10.6 Å². The first-order chi connectivity index (χ1) is 6.14. The number of hydrogen-bond donors (Lipinski definition) is 2. The van der Waals surface area contributed by atoms with Crippen LogP contribution in [0.2, 0.25) is 0 Å². The highest BCUT2D eigenvalue weighted by Crippen LogP contribution is 2.43. The molecule has 0 unspecified atom stereocenters. The van der Waals surface area contributed by atoms with Crippen LogP contribution in [0.1, 0.15) is 12.8 Å². The number of carbonyl (C=O) groups is 1. The third-order valence-electron chi connectivity index (χ3n) is 3.11. The first-order valence-corrected chi connectivity index (χ1v) is 4.84. The van der Waals surface area contributed by atoms with Crippen LogP contribution in [0, 0.1) is 5.92 Å². The lowest BCUT2D eigenvalue weighted by molar-refractivity contribution is 0.191. The summed E-state index contributed by atoms with van der Waals surface area (Å²) in [6, 6.07) is 0.0457. The summed E-state index contributed by atoms with van der Waals surface area (Å²) < 4.78 is 0. The summed E-state index contributed by atoms with van der Waals surface area (Å²) in [7, 11) is 3.56. The van der Waals surface area contributed by atoms with Crippen molar-refractivity contribution in [3.8, 4) is 0 Å². The van der Waals surface area contributed by atoms with E-state index in [1.165, 1.54) is 0 Å². The van der Waals surface area contributed by atoms with Crippen molar-refractivity contribution in [1.82, 2.24) is 15.5 Å². The largest absolute Gasteiger partial charge is 0.332 e. The molecule has 0 radical (unpaired) electrons. The summed E-state index contributed by atoms with van der Waals surface area (Å²) >= 11 is 0. The monoisotopic (exact) mass is 183 g/mol. The molecule has 74 valence electrons. The first-order valence-electron chi connectivity index (χ1n) is 4.84. The average molecular weight is 183 g/mol. The zero-order valence-corrected chi connectivity index (χ0v) is 8.26.